The van der Waals surface area contributed by atoms with Gasteiger partial charge in [-0.3, -0.25) is 14.9 Å². The molecule has 0 atom stereocenters. The molecule has 1 saturated heterocycles. The van der Waals surface area contributed by atoms with Gasteiger partial charge in [-0.15, -0.1) is 0 Å². The molecule has 1 heterocycles. The maximum Gasteiger partial charge on any atom is 0.338 e. The van der Waals surface area contributed by atoms with Crippen LogP contribution in [0.15, 0.2) is 42.5 Å². The van der Waals surface area contributed by atoms with Crippen LogP contribution in [0, 0.1) is 17.0 Å². The number of rotatable bonds is 7. The molecular weight excluding hydrogens is 390 g/mol. The third-order valence-electron chi connectivity index (χ3n) is 4.83. The summed E-state index contributed by atoms with van der Waals surface area (Å²) < 4.78 is 10.3. The molecule has 0 radical (unpaired) electrons. The van der Waals surface area contributed by atoms with Crippen molar-refractivity contribution in [2.45, 2.75) is 13.5 Å². The Balaban J connectivity index is 1.59. The molecule has 30 heavy (non-hydrogen) atoms. The molecule has 0 aliphatic carbocycles. The van der Waals surface area contributed by atoms with E-state index in [1.54, 1.807) is 0 Å². The molecule has 0 spiro atoms. The molecule has 1 N–H and O–H groups in total. The third-order valence-corrected chi connectivity index (χ3v) is 4.83. The minimum Gasteiger partial charge on any atom is -0.452 e. The van der Waals surface area contributed by atoms with Gasteiger partial charge in [-0.1, -0.05) is 24.3 Å². The lowest BCUT2D eigenvalue weighted by Gasteiger charge is -2.28. The fourth-order valence-corrected chi connectivity index (χ4v) is 3.14. The summed E-state index contributed by atoms with van der Waals surface area (Å²) in [7, 11) is 0. The molecule has 1 fully saturated rings. The molecule has 1 aliphatic rings. The van der Waals surface area contributed by atoms with Crippen molar-refractivity contribution in [3.05, 3.63) is 69.3 Å². The molecule has 2 aromatic rings. The topological polar surface area (TPSA) is 111 Å². The van der Waals surface area contributed by atoms with E-state index in [9.17, 15) is 19.7 Å². The normalized spacial score (nSPS) is 13.6. The number of nitrogens with zero attached hydrogens (tertiary/aromatic N) is 2. The van der Waals surface area contributed by atoms with E-state index >= 15 is 0 Å². The van der Waals surface area contributed by atoms with Crippen molar-refractivity contribution in [2.75, 3.05) is 37.8 Å². The largest absolute Gasteiger partial charge is 0.452 e. The van der Waals surface area contributed by atoms with Crippen LogP contribution in [0.1, 0.15) is 21.5 Å². The van der Waals surface area contributed by atoms with E-state index < -0.39 is 23.4 Å². The van der Waals surface area contributed by atoms with Gasteiger partial charge in [0.1, 0.15) is 5.69 Å². The molecule has 0 unspecified atom stereocenters. The number of hydrogen-bond acceptors (Lipinski definition) is 7. The van der Waals surface area contributed by atoms with Gasteiger partial charge in [-0.05, 0) is 30.2 Å². The fourth-order valence-electron chi connectivity index (χ4n) is 3.14. The van der Waals surface area contributed by atoms with Crippen LogP contribution < -0.4 is 10.2 Å². The Kier molecular flexibility index (Phi) is 6.97. The summed E-state index contributed by atoms with van der Waals surface area (Å²) in [5.41, 5.74) is 2.27. The number of esters is 1. The highest BCUT2D eigenvalue weighted by Gasteiger charge is 2.24. The van der Waals surface area contributed by atoms with Gasteiger partial charge < -0.3 is 19.7 Å². The zero-order valence-corrected chi connectivity index (χ0v) is 16.6. The molecule has 1 amide bonds. The molecule has 2 aromatic carbocycles. The Morgan fingerprint density at radius 1 is 1.20 bits per heavy atom. The molecule has 3 rings (SSSR count). The Hall–Kier alpha value is -3.46. The highest BCUT2D eigenvalue weighted by Crippen LogP contribution is 2.30. The average Bonchev–Trinajstić information content (AvgIpc) is 2.77. The minimum atomic E-state index is -0.794. The van der Waals surface area contributed by atoms with Crippen molar-refractivity contribution < 1.29 is 24.0 Å². The van der Waals surface area contributed by atoms with E-state index in [-0.39, 0.29) is 11.3 Å². The molecule has 9 nitrogen and oxygen atoms in total. The second-order valence-corrected chi connectivity index (χ2v) is 6.84. The number of aryl methyl sites for hydroxylation is 1. The second kappa shape index (κ2) is 9.84. The molecule has 9 heteroatoms. The van der Waals surface area contributed by atoms with E-state index in [1.807, 2.05) is 36.1 Å². The van der Waals surface area contributed by atoms with Crippen LogP contribution in [0.2, 0.25) is 0 Å². The number of carbonyl (C=O) groups is 2. The van der Waals surface area contributed by atoms with Gasteiger partial charge in [-0.2, -0.15) is 0 Å². The van der Waals surface area contributed by atoms with Gasteiger partial charge >= 0.3 is 5.97 Å². The quantitative estimate of drug-likeness (QED) is 0.421. The number of benzene rings is 2. The predicted molar refractivity (Wildman–Crippen MR) is 109 cm³/mol. The van der Waals surface area contributed by atoms with Crippen LogP contribution in [0.4, 0.5) is 11.4 Å². The van der Waals surface area contributed by atoms with Gasteiger partial charge in [0.2, 0.25) is 0 Å². The summed E-state index contributed by atoms with van der Waals surface area (Å²) in [6.45, 7) is 3.83. The molecule has 0 bridgehead atoms. The molecule has 158 valence electrons. The molecule has 0 aromatic heterocycles. The van der Waals surface area contributed by atoms with Gasteiger partial charge in [0, 0.05) is 25.7 Å². The average molecular weight is 413 g/mol. The molecular formula is C21H23N3O6. The van der Waals surface area contributed by atoms with E-state index in [0.29, 0.717) is 38.5 Å². The van der Waals surface area contributed by atoms with Crippen LogP contribution in [-0.2, 0) is 20.8 Å². The van der Waals surface area contributed by atoms with E-state index in [4.69, 9.17) is 9.47 Å². The summed E-state index contributed by atoms with van der Waals surface area (Å²) in [5, 5.41) is 14.2. The van der Waals surface area contributed by atoms with E-state index in [0.717, 1.165) is 11.1 Å². The summed E-state index contributed by atoms with van der Waals surface area (Å²) in [5.74, 6) is -1.25. The summed E-state index contributed by atoms with van der Waals surface area (Å²) >= 11 is 0. The van der Waals surface area contributed by atoms with Gasteiger partial charge in [0.05, 0.1) is 23.7 Å². The highest BCUT2D eigenvalue weighted by atomic mass is 16.6. The SMILES string of the molecule is Cc1ccccc1CNC(=O)COC(=O)c1ccc(N2CCOCC2)c([N+](=O)[O-])c1. The van der Waals surface area contributed by atoms with Crippen molar-refractivity contribution in [2.24, 2.45) is 0 Å². The number of nitrogens with one attached hydrogen (secondary N) is 1. The maximum absolute atomic E-state index is 12.3. The summed E-state index contributed by atoms with van der Waals surface area (Å²) in [6, 6.07) is 11.8. The van der Waals surface area contributed by atoms with Crippen molar-refractivity contribution in [1.82, 2.24) is 5.32 Å². The summed E-state index contributed by atoms with van der Waals surface area (Å²) in [4.78, 5) is 37.1. The van der Waals surface area contributed by atoms with Crippen LogP contribution in [0.5, 0.6) is 0 Å². The first-order chi connectivity index (χ1) is 14.5. The Morgan fingerprint density at radius 2 is 1.93 bits per heavy atom. The summed E-state index contributed by atoms with van der Waals surface area (Å²) in [6.07, 6.45) is 0. The predicted octanol–water partition coefficient (Wildman–Crippen LogP) is 2.21. The van der Waals surface area contributed by atoms with E-state index in [1.165, 1.54) is 18.2 Å². The van der Waals surface area contributed by atoms with Crippen molar-refractivity contribution in [3.8, 4) is 0 Å². The van der Waals surface area contributed by atoms with Crippen molar-refractivity contribution in [1.29, 1.82) is 0 Å². The lowest BCUT2D eigenvalue weighted by molar-refractivity contribution is -0.384. The zero-order chi connectivity index (χ0) is 21.5. The first-order valence-corrected chi connectivity index (χ1v) is 9.55. The number of carbonyl (C=O) groups excluding carboxylic acids is 2. The highest BCUT2D eigenvalue weighted by molar-refractivity contribution is 5.93. The Morgan fingerprint density at radius 3 is 2.63 bits per heavy atom. The second-order valence-electron chi connectivity index (χ2n) is 6.84. The maximum atomic E-state index is 12.3. The number of hydrogen-bond donors (Lipinski definition) is 1. The van der Waals surface area contributed by atoms with Crippen LogP contribution >= 0.6 is 0 Å². The molecule has 1 aliphatic heterocycles. The lowest BCUT2D eigenvalue weighted by Crippen LogP contribution is -2.36. The minimum absolute atomic E-state index is 0.0189. The van der Waals surface area contributed by atoms with Crippen LogP contribution in [0.3, 0.4) is 0 Å². The van der Waals surface area contributed by atoms with Gasteiger partial charge in [-0.25, -0.2) is 4.79 Å². The zero-order valence-electron chi connectivity index (χ0n) is 16.6. The van der Waals surface area contributed by atoms with Crippen molar-refractivity contribution >= 4 is 23.3 Å². The third kappa shape index (κ3) is 5.32. The number of morpholine rings is 1. The van der Waals surface area contributed by atoms with Crippen LogP contribution in [-0.4, -0.2) is 49.7 Å². The lowest BCUT2D eigenvalue weighted by atomic mass is 10.1. The fraction of sp³-hybridized carbons (Fsp3) is 0.333. The monoisotopic (exact) mass is 413 g/mol. The number of anilines is 1. The Bertz CT molecular complexity index is 940. The standard InChI is InChI=1S/C21H23N3O6/c1-15-4-2-3-5-17(15)13-22-20(25)14-30-21(26)16-6-7-18(19(12-16)24(27)28)23-8-10-29-11-9-23/h2-7,12H,8-11,13-14H2,1H3,(H,22,25). The number of ether oxygens (including phenoxy) is 2. The molecule has 0 saturated carbocycles. The number of nitro groups is 1. The Labute approximate surface area is 173 Å². The van der Waals surface area contributed by atoms with Gasteiger partial charge in [0.25, 0.3) is 11.6 Å². The van der Waals surface area contributed by atoms with Crippen LogP contribution in [0.25, 0.3) is 0 Å². The van der Waals surface area contributed by atoms with Crippen molar-refractivity contribution in [3.63, 3.8) is 0 Å². The first kappa shape index (κ1) is 21.3. The number of amides is 1. The number of nitro benzene ring substituents is 1. The van der Waals surface area contributed by atoms with E-state index in [2.05, 4.69) is 5.32 Å². The first-order valence-electron chi connectivity index (χ1n) is 9.55. The van der Waals surface area contributed by atoms with Gasteiger partial charge in [0.15, 0.2) is 6.61 Å². The smallest absolute Gasteiger partial charge is 0.338 e.